The van der Waals surface area contributed by atoms with Crippen LogP contribution in [0.5, 0.6) is 0 Å². The molecule has 0 saturated carbocycles. The van der Waals surface area contributed by atoms with Crippen molar-refractivity contribution in [2.45, 2.75) is 284 Å². The molecular weight excluding hydrogens is 829 g/mol. The number of hydrogen-bond donors (Lipinski definition) is 0. The van der Waals surface area contributed by atoms with Crippen molar-refractivity contribution < 1.29 is 28.6 Å². The van der Waals surface area contributed by atoms with Gasteiger partial charge in [-0.15, -0.1) is 0 Å². The van der Waals surface area contributed by atoms with Gasteiger partial charge in [0.2, 0.25) is 0 Å². The van der Waals surface area contributed by atoms with E-state index >= 15 is 0 Å². The molecule has 0 aliphatic rings. The van der Waals surface area contributed by atoms with E-state index < -0.39 is 6.10 Å². The van der Waals surface area contributed by atoms with Gasteiger partial charge in [-0.25, -0.2) is 0 Å². The SMILES string of the molecule is CC/C=C/C=C/C=C/C=C/C=C/CCCC(=O)OCC(COC(=O)CCCCCCCCC/C=C/CCCCCCCCCC)OC(=O)CCCCCCCCCCCCCCCCCCC. The largest absolute Gasteiger partial charge is 0.462 e. The predicted molar refractivity (Wildman–Crippen MR) is 288 cm³/mol. The van der Waals surface area contributed by atoms with Gasteiger partial charge in [0.25, 0.3) is 0 Å². The van der Waals surface area contributed by atoms with E-state index in [-0.39, 0.29) is 37.5 Å². The van der Waals surface area contributed by atoms with Crippen molar-refractivity contribution >= 4 is 17.9 Å². The molecule has 0 N–H and O–H groups in total. The van der Waals surface area contributed by atoms with Crippen LogP contribution in [0.4, 0.5) is 0 Å². The summed E-state index contributed by atoms with van der Waals surface area (Å²) in [4.78, 5) is 38.1. The Morgan fingerprint density at radius 1 is 0.313 bits per heavy atom. The summed E-state index contributed by atoms with van der Waals surface area (Å²) >= 11 is 0. The van der Waals surface area contributed by atoms with Gasteiger partial charge in [0.15, 0.2) is 6.10 Å². The lowest BCUT2D eigenvalue weighted by Crippen LogP contribution is -2.30. The van der Waals surface area contributed by atoms with Crippen molar-refractivity contribution in [2.24, 2.45) is 0 Å². The van der Waals surface area contributed by atoms with Crippen molar-refractivity contribution in [3.05, 3.63) is 72.9 Å². The van der Waals surface area contributed by atoms with Crippen LogP contribution in [-0.4, -0.2) is 37.2 Å². The second-order valence-electron chi connectivity index (χ2n) is 18.9. The molecule has 0 radical (unpaired) electrons. The number of allylic oxidation sites excluding steroid dienone is 12. The van der Waals surface area contributed by atoms with Crippen LogP contribution in [-0.2, 0) is 28.6 Å². The molecule has 1 unspecified atom stereocenters. The molecule has 0 amide bonds. The third-order valence-corrected chi connectivity index (χ3v) is 12.3. The van der Waals surface area contributed by atoms with Crippen LogP contribution in [0, 0.1) is 0 Å². The lowest BCUT2D eigenvalue weighted by atomic mass is 10.0. The quantitative estimate of drug-likeness (QED) is 0.0199. The van der Waals surface area contributed by atoms with Gasteiger partial charge in [0.1, 0.15) is 13.2 Å². The Morgan fingerprint density at radius 2 is 0.612 bits per heavy atom. The standard InChI is InChI=1S/C61H106O6/c1-4-7-10-13-16-19-22-25-27-29-30-32-33-36-39-42-45-48-51-54-60(63)66-57-58(56-65-59(62)53-50-47-44-41-38-35-24-21-18-15-12-9-6-3)67-61(64)55-52-49-46-43-40-37-34-31-28-26-23-20-17-14-11-8-5-2/h9,12,15,18,21,24,29-30,35,38,41,44,58H,4-8,10-11,13-14,16-17,19-20,22-23,25-28,31-34,36-37,39-40,42-43,45-57H2,1-3H3/b12-9+,18-15+,24-21+,30-29+,38-35+,44-41+. The second-order valence-corrected chi connectivity index (χ2v) is 18.9. The van der Waals surface area contributed by atoms with E-state index in [1.807, 2.05) is 54.7 Å². The monoisotopic (exact) mass is 935 g/mol. The van der Waals surface area contributed by atoms with Crippen molar-refractivity contribution in [1.29, 1.82) is 0 Å². The van der Waals surface area contributed by atoms with E-state index in [4.69, 9.17) is 14.2 Å². The van der Waals surface area contributed by atoms with E-state index in [1.165, 1.54) is 180 Å². The maximum Gasteiger partial charge on any atom is 0.306 e. The second kappa shape index (κ2) is 55.4. The van der Waals surface area contributed by atoms with Crippen LogP contribution >= 0.6 is 0 Å². The molecule has 0 aliphatic heterocycles. The minimum Gasteiger partial charge on any atom is -0.462 e. The van der Waals surface area contributed by atoms with Crippen LogP contribution in [0.3, 0.4) is 0 Å². The lowest BCUT2D eigenvalue weighted by molar-refractivity contribution is -0.167. The van der Waals surface area contributed by atoms with E-state index in [9.17, 15) is 14.4 Å². The zero-order chi connectivity index (χ0) is 48.6. The minimum absolute atomic E-state index is 0.0980. The van der Waals surface area contributed by atoms with Gasteiger partial charge < -0.3 is 14.2 Å². The molecule has 0 fully saturated rings. The summed E-state index contributed by atoms with van der Waals surface area (Å²) in [7, 11) is 0. The van der Waals surface area contributed by atoms with Crippen molar-refractivity contribution in [3.63, 3.8) is 0 Å². The highest BCUT2D eigenvalue weighted by Gasteiger charge is 2.19. The third-order valence-electron chi connectivity index (χ3n) is 12.3. The lowest BCUT2D eigenvalue weighted by Gasteiger charge is -2.18. The fraction of sp³-hybridized carbons (Fsp3) is 0.754. The minimum atomic E-state index is -0.804. The van der Waals surface area contributed by atoms with Crippen LogP contribution in [0.15, 0.2) is 72.9 Å². The number of ether oxygens (including phenoxy) is 3. The van der Waals surface area contributed by atoms with E-state index in [1.54, 1.807) is 0 Å². The van der Waals surface area contributed by atoms with Crippen molar-refractivity contribution in [1.82, 2.24) is 0 Å². The Labute approximate surface area is 414 Å². The Balaban J connectivity index is 4.41. The highest BCUT2D eigenvalue weighted by atomic mass is 16.6. The number of unbranched alkanes of at least 4 members (excludes halogenated alkanes) is 32. The molecular formula is C61H106O6. The number of hydrogen-bond acceptors (Lipinski definition) is 6. The van der Waals surface area contributed by atoms with Crippen LogP contribution < -0.4 is 0 Å². The van der Waals surface area contributed by atoms with Crippen LogP contribution in [0.25, 0.3) is 0 Å². The molecule has 0 aromatic carbocycles. The Bertz CT molecular complexity index is 1260. The average molecular weight is 936 g/mol. The Hall–Kier alpha value is -3.15. The zero-order valence-corrected chi connectivity index (χ0v) is 44.2. The number of esters is 3. The summed E-state index contributed by atoms with van der Waals surface area (Å²) < 4.78 is 16.8. The van der Waals surface area contributed by atoms with E-state index in [0.717, 1.165) is 51.4 Å². The molecule has 6 heteroatoms. The van der Waals surface area contributed by atoms with Gasteiger partial charge in [0, 0.05) is 19.3 Å². The highest BCUT2D eigenvalue weighted by Crippen LogP contribution is 2.16. The first kappa shape index (κ1) is 63.8. The maximum atomic E-state index is 12.8. The Morgan fingerprint density at radius 3 is 1.00 bits per heavy atom. The van der Waals surface area contributed by atoms with Gasteiger partial charge in [0.05, 0.1) is 0 Å². The average Bonchev–Trinajstić information content (AvgIpc) is 3.33. The predicted octanol–water partition coefficient (Wildman–Crippen LogP) is 19.0. The normalized spacial score (nSPS) is 12.6. The van der Waals surface area contributed by atoms with Gasteiger partial charge in [-0.2, -0.15) is 0 Å². The first-order chi connectivity index (χ1) is 33.0. The summed E-state index contributed by atoms with van der Waals surface area (Å²) in [5.74, 6) is -0.969. The first-order valence-corrected chi connectivity index (χ1v) is 28.5. The zero-order valence-electron chi connectivity index (χ0n) is 44.2. The molecule has 6 nitrogen and oxygen atoms in total. The molecule has 0 aromatic rings. The molecule has 0 bridgehead atoms. The van der Waals surface area contributed by atoms with Gasteiger partial charge in [-0.05, 0) is 57.8 Å². The summed E-state index contributed by atoms with van der Waals surface area (Å²) in [6.45, 7) is 6.45. The van der Waals surface area contributed by atoms with Crippen LogP contribution in [0.2, 0.25) is 0 Å². The number of carbonyl (C=O) groups is 3. The van der Waals surface area contributed by atoms with Crippen molar-refractivity contribution in [2.75, 3.05) is 13.2 Å². The molecule has 0 saturated heterocycles. The fourth-order valence-corrected chi connectivity index (χ4v) is 8.06. The number of carbonyl (C=O) groups excluding carboxylic acids is 3. The molecule has 0 aromatic heterocycles. The fourth-order valence-electron chi connectivity index (χ4n) is 8.06. The summed E-state index contributed by atoms with van der Waals surface area (Å²) in [5, 5.41) is 0. The topological polar surface area (TPSA) is 78.9 Å². The molecule has 0 aliphatic carbocycles. The number of rotatable bonds is 51. The smallest absolute Gasteiger partial charge is 0.306 e. The van der Waals surface area contributed by atoms with E-state index in [2.05, 4.69) is 39.0 Å². The molecule has 67 heavy (non-hydrogen) atoms. The molecule has 0 spiro atoms. The van der Waals surface area contributed by atoms with Crippen LogP contribution in [0.1, 0.15) is 278 Å². The van der Waals surface area contributed by atoms with Gasteiger partial charge in [-0.1, -0.05) is 273 Å². The highest BCUT2D eigenvalue weighted by molar-refractivity contribution is 5.71. The molecule has 386 valence electrons. The molecule has 0 rings (SSSR count). The summed E-state index contributed by atoms with van der Waals surface area (Å²) in [6, 6.07) is 0. The van der Waals surface area contributed by atoms with Gasteiger partial charge >= 0.3 is 17.9 Å². The summed E-state index contributed by atoms with van der Waals surface area (Å²) in [6.07, 6.45) is 70.5. The summed E-state index contributed by atoms with van der Waals surface area (Å²) in [5.41, 5.74) is 0. The molecule has 0 heterocycles. The molecule has 1 atom stereocenters. The van der Waals surface area contributed by atoms with E-state index in [0.29, 0.717) is 19.3 Å². The third kappa shape index (κ3) is 53.7. The van der Waals surface area contributed by atoms with Crippen molar-refractivity contribution in [3.8, 4) is 0 Å². The maximum absolute atomic E-state index is 12.8. The van der Waals surface area contributed by atoms with Gasteiger partial charge in [-0.3, -0.25) is 14.4 Å². The Kier molecular flexibility index (Phi) is 52.8. The first-order valence-electron chi connectivity index (χ1n) is 28.5.